The van der Waals surface area contributed by atoms with Crippen LogP contribution in [0, 0.1) is 0 Å². The number of hydrogen-bond acceptors (Lipinski definition) is 4. The molecule has 0 bridgehead atoms. The van der Waals surface area contributed by atoms with Crippen molar-refractivity contribution in [1.82, 2.24) is 4.98 Å². The maximum absolute atomic E-state index is 11.0. The molecule has 3 aromatic rings. The lowest BCUT2D eigenvalue weighted by Gasteiger charge is -2.11. The third-order valence-electron chi connectivity index (χ3n) is 2.98. The quantitative estimate of drug-likeness (QED) is 0.737. The lowest BCUT2D eigenvalue weighted by atomic mass is 10.1. The van der Waals surface area contributed by atoms with Gasteiger partial charge >= 0.3 is 6.09 Å². The molecule has 22 heavy (non-hydrogen) atoms. The summed E-state index contributed by atoms with van der Waals surface area (Å²) in [6, 6.07) is 14.0. The third-order valence-corrected chi connectivity index (χ3v) is 3.19. The first-order valence-corrected chi connectivity index (χ1v) is 6.80. The Morgan fingerprint density at radius 3 is 2.41 bits per heavy atom. The van der Waals surface area contributed by atoms with Crippen LogP contribution in [0.15, 0.2) is 54.7 Å². The van der Waals surface area contributed by atoms with E-state index in [4.69, 9.17) is 26.8 Å². The number of pyridine rings is 1. The maximum Gasteiger partial charge on any atom is 0.409 e. The summed E-state index contributed by atoms with van der Waals surface area (Å²) < 4.78 is 10.8. The maximum atomic E-state index is 11.0. The summed E-state index contributed by atoms with van der Waals surface area (Å²) in [5.41, 5.74) is 5.08. The zero-order valence-electron chi connectivity index (χ0n) is 11.3. The molecule has 0 aliphatic carbocycles. The van der Waals surface area contributed by atoms with Gasteiger partial charge in [-0.05, 0) is 18.2 Å². The number of fused-ring (bicyclic) bond motifs is 1. The molecule has 6 heteroatoms. The van der Waals surface area contributed by atoms with Gasteiger partial charge in [0.1, 0.15) is 22.4 Å². The second-order valence-corrected chi connectivity index (χ2v) is 4.83. The van der Waals surface area contributed by atoms with Crippen molar-refractivity contribution in [3.05, 3.63) is 59.9 Å². The van der Waals surface area contributed by atoms with Gasteiger partial charge in [0, 0.05) is 23.0 Å². The average Bonchev–Trinajstić information content (AvgIpc) is 2.49. The zero-order valence-corrected chi connectivity index (χ0v) is 12.1. The van der Waals surface area contributed by atoms with Gasteiger partial charge in [-0.1, -0.05) is 35.9 Å². The fourth-order valence-electron chi connectivity index (χ4n) is 2.11. The number of hydrogen-bond donors (Lipinski definition) is 1. The molecule has 0 saturated carbocycles. The first kappa shape index (κ1) is 14.2. The summed E-state index contributed by atoms with van der Waals surface area (Å²) in [5, 5.41) is 1.85. The van der Waals surface area contributed by atoms with Crippen molar-refractivity contribution < 1.29 is 14.3 Å². The number of nitrogens with zero attached hydrogens (tertiary/aromatic N) is 1. The highest BCUT2D eigenvalue weighted by Gasteiger charge is 2.10. The van der Waals surface area contributed by atoms with Gasteiger partial charge in [-0.3, -0.25) is 0 Å². The Balaban J connectivity index is 2.06. The van der Waals surface area contributed by atoms with E-state index in [1.165, 1.54) is 0 Å². The second kappa shape index (κ2) is 5.91. The number of halogens is 1. The molecule has 1 heterocycles. The largest absolute Gasteiger partial charge is 0.457 e. The van der Waals surface area contributed by atoms with Crippen molar-refractivity contribution in [3.63, 3.8) is 0 Å². The van der Waals surface area contributed by atoms with Gasteiger partial charge in [-0.2, -0.15) is 0 Å². The molecule has 5 nitrogen and oxygen atoms in total. The highest BCUT2D eigenvalue weighted by atomic mass is 35.5. The predicted molar refractivity (Wildman–Crippen MR) is 83.5 cm³/mol. The van der Waals surface area contributed by atoms with E-state index >= 15 is 0 Å². The summed E-state index contributed by atoms with van der Waals surface area (Å²) >= 11 is 5.85. The minimum atomic E-state index is -0.861. The predicted octanol–water partition coefficient (Wildman–Crippen LogP) is 4.14. The van der Waals surface area contributed by atoms with Gasteiger partial charge in [-0.15, -0.1) is 0 Å². The summed E-state index contributed by atoms with van der Waals surface area (Å²) in [7, 11) is 0. The summed E-state index contributed by atoms with van der Waals surface area (Å²) in [5.74, 6) is 1.55. The number of rotatable bonds is 3. The standard InChI is InChI=1S/C16H11ClN2O3/c17-15-9-10(7-8-19-15)21-13-5-6-14(22-16(18)20)12-4-2-1-3-11(12)13/h1-9H,(H2,18,20). The van der Waals surface area contributed by atoms with E-state index in [0.717, 1.165) is 10.8 Å². The van der Waals surface area contributed by atoms with Gasteiger partial charge in [0.2, 0.25) is 0 Å². The third kappa shape index (κ3) is 2.94. The Morgan fingerprint density at radius 1 is 1.05 bits per heavy atom. The molecule has 0 fully saturated rings. The van der Waals surface area contributed by atoms with Gasteiger partial charge in [0.15, 0.2) is 0 Å². The van der Waals surface area contributed by atoms with Crippen LogP contribution in [0.3, 0.4) is 0 Å². The summed E-state index contributed by atoms with van der Waals surface area (Å²) in [6.07, 6.45) is 0.699. The van der Waals surface area contributed by atoms with E-state index in [9.17, 15) is 4.79 Å². The van der Waals surface area contributed by atoms with Crippen molar-refractivity contribution in [1.29, 1.82) is 0 Å². The van der Waals surface area contributed by atoms with Crippen molar-refractivity contribution in [2.75, 3.05) is 0 Å². The number of carbonyl (C=O) groups is 1. The first-order chi connectivity index (χ1) is 10.6. The molecule has 0 aliphatic heterocycles. The highest BCUT2D eigenvalue weighted by molar-refractivity contribution is 6.29. The van der Waals surface area contributed by atoms with Crippen LogP contribution in [0.5, 0.6) is 17.2 Å². The molecule has 2 aromatic carbocycles. The number of amides is 1. The van der Waals surface area contributed by atoms with E-state index in [2.05, 4.69) is 4.98 Å². The van der Waals surface area contributed by atoms with Crippen LogP contribution >= 0.6 is 11.6 Å². The SMILES string of the molecule is NC(=O)Oc1ccc(Oc2ccnc(Cl)c2)c2ccccc12. The van der Waals surface area contributed by atoms with Crippen LogP contribution in [0.25, 0.3) is 10.8 Å². The van der Waals surface area contributed by atoms with E-state index < -0.39 is 6.09 Å². The number of carbonyl (C=O) groups excluding carboxylic acids is 1. The topological polar surface area (TPSA) is 74.4 Å². The monoisotopic (exact) mass is 314 g/mol. The molecule has 2 N–H and O–H groups in total. The van der Waals surface area contributed by atoms with Gasteiger partial charge < -0.3 is 15.2 Å². The van der Waals surface area contributed by atoms with Crippen LogP contribution < -0.4 is 15.2 Å². The molecule has 110 valence electrons. The second-order valence-electron chi connectivity index (χ2n) is 4.44. The minimum absolute atomic E-state index is 0.343. The van der Waals surface area contributed by atoms with Crippen LogP contribution in [0.2, 0.25) is 5.15 Å². The molecule has 1 amide bonds. The molecule has 0 aliphatic rings. The van der Waals surface area contributed by atoms with Crippen molar-refractivity contribution in [3.8, 4) is 17.2 Å². The van der Waals surface area contributed by atoms with Crippen molar-refractivity contribution in [2.24, 2.45) is 5.73 Å². The van der Waals surface area contributed by atoms with Crippen LogP contribution in [-0.2, 0) is 0 Å². The number of benzene rings is 2. The highest BCUT2D eigenvalue weighted by Crippen LogP contribution is 2.35. The van der Waals surface area contributed by atoms with Crippen molar-refractivity contribution >= 4 is 28.5 Å². The Labute approximate surface area is 131 Å². The van der Waals surface area contributed by atoms with Crippen LogP contribution in [0.1, 0.15) is 0 Å². The molecule has 3 rings (SSSR count). The molecule has 0 radical (unpaired) electrons. The lowest BCUT2D eigenvalue weighted by molar-refractivity contribution is 0.211. The van der Waals surface area contributed by atoms with Crippen LogP contribution in [0.4, 0.5) is 4.79 Å². The number of primary amides is 1. The van der Waals surface area contributed by atoms with E-state index in [-0.39, 0.29) is 0 Å². The minimum Gasteiger partial charge on any atom is -0.457 e. The van der Waals surface area contributed by atoms with Gasteiger partial charge in [-0.25, -0.2) is 9.78 Å². The number of aromatic nitrogens is 1. The smallest absolute Gasteiger partial charge is 0.409 e. The van der Waals surface area contributed by atoms with Gasteiger partial charge in [0.05, 0.1) is 0 Å². The molecular formula is C16H11ClN2O3. The summed E-state index contributed by atoms with van der Waals surface area (Å²) in [4.78, 5) is 14.9. The molecular weight excluding hydrogens is 304 g/mol. The summed E-state index contributed by atoms with van der Waals surface area (Å²) in [6.45, 7) is 0. The average molecular weight is 315 g/mol. The molecule has 0 saturated heterocycles. The van der Waals surface area contributed by atoms with Gasteiger partial charge in [0.25, 0.3) is 0 Å². The van der Waals surface area contributed by atoms with Crippen molar-refractivity contribution in [2.45, 2.75) is 0 Å². The molecule has 1 aromatic heterocycles. The van der Waals surface area contributed by atoms with E-state index in [1.54, 1.807) is 30.5 Å². The Kier molecular flexibility index (Phi) is 3.80. The number of ether oxygens (including phenoxy) is 2. The Bertz CT molecular complexity index is 852. The molecule has 0 spiro atoms. The normalized spacial score (nSPS) is 10.4. The molecule has 0 unspecified atom stereocenters. The fourth-order valence-corrected chi connectivity index (χ4v) is 2.27. The van der Waals surface area contributed by atoms with Crippen LogP contribution in [-0.4, -0.2) is 11.1 Å². The Morgan fingerprint density at radius 2 is 1.73 bits per heavy atom. The lowest BCUT2D eigenvalue weighted by Crippen LogP contribution is -2.16. The molecule has 0 atom stereocenters. The van der Waals surface area contributed by atoms with E-state index in [1.807, 2.05) is 24.3 Å². The number of nitrogens with two attached hydrogens (primary N) is 1. The Hall–Kier alpha value is -2.79. The zero-order chi connectivity index (χ0) is 15.5. The first-order valence-electron chi connectivity index (χ1n) is 6.42. The fraction of sp³-hybridized carbons (Fsp3) is 0. The van der Waals surface area contributed by atoms with E-state index in [0.29, 0.717) is 22.4 Å².